The first-order valence-corrected chi connectivity index (χ1v) is 14.3. The van der Waals surface area contributed by atoms with Gasteiger partial charge >= 0.3 is 12.2 Å². The highest BCUT2D eigenvalue weighted by atomic mass is 32.2. The fourth-order valence-corrected chi connectivity index (χ4v) is 5.93. The number of thiazole rings is 1. The third-order valence-corrected chi connectivity index (χ3v) is 8.03. The predicted molar refractivity (Wildman–Crippen MR) is 152 cm³/mol. The van der Waals surface area contributed by atoms with Crippen LogP contribution in [0.2, 0.25) is 0 Å². The number of carbonyl (C=O) groups excluding carboxylic acids is 3. The molecule has 220 valence electrons. The summed E-state index contributed by atoms with van der Waals surface area (Å²) in [5.74, 6) is 0. The number of nitro benzene ring substituents is 2. The maximum Gasteiger partial charge on any atom is 0.410 e. The number of rotatable bonds is 10. The van der Waals surface area contributed by atoms with E-state index in [1.165, 1.54) is 71.7 Å². The molecule has 0 radical (unpaired) electrons. The number of thioether (sulfide) groups is 1. The van der Waals surface area contributed by atoms with Crippen LogP contribution in [0.4, 0.5) is 21.0 Å². The molecule has 0 unspecified atom stereocenters. The molecule has 1 fully saturated rings. The third kappa shape index (κ3) is 8.23. The zero-order valence-electron chi connectivity index (χ0n) is 22.2. The molecule has 3 aromatic rings. The lowest BCUT2D eigenvalue weighted by Gasteiger charge is -2.22. The van der Waals surface area contributed by atoms with Gasteiger partial charge in [0.1, 0.15) is 18.2 Å². The van der Waals surface area contributed by atoms with Gasteiger partial charge in [-0.3, -0.25) is 29.9 Å². The molecule has 0 spiro atoms. The van der Waals surface area contributed by atoms with Gasteiger partial charge < -0.3 is 14.8 Å². The lowest BCUT2D eigenvalue weighted by molar-refractivity contribution is -0.385. The zero-order chi connectivity index (χ0) is 30.2. The number of nitrogens with zero attached hydrogens (tertiary/aromatic N) is 4. The molecule has 16 heteroatoms. The molecule has 2 atom stereocenters. The summed E-state index contributed by atoms with van der Waals surface area (Å²) in [6, 6.07) is 10.9. The largest absolute Gasteiger partial charge is 0.445 e. The van der Waals surface area contributed by atoms with Gasteiger partial charge in [-0.2, -0.15) is 0 Å². The standard InChI is InChI=1S/C26H25N5O9S2/c1-16(32)42-21-10-23(29(12-21)26(34)40-14-18-4-8-20(9-5-18)31(37)38)22-15-41-24(28-22)11-27-25(33)39-13-17-2-6-19(7-3-17)30(35)36/h2-9,15,21,23H,10-14H2,1H3,(H,27,33)/t21-,23-/m0/s1. The lowest BCUT2D eigenvalue weighted by atomic mass is 10.2. The van der Waals surface area contributed by atoms with Gasteiger partial charge in [0.15, 0.2) is 5.12 Å². The van der Waals surface area contributed by atoms with E-state index in [0.717, 1.165) is 11.8 Å². The Bertz CT molecular complexity index is 1460. The summed E-state index contributed by atoms with van der Waals surface area (Å²) in [6.45, 7) is 1.66. The minimum Gasteiger partial charge on any atom is -0.445 e. The summed E-state index contributed by atoms with van der Waals surface area (Å²) < 4.78 is 10.6. The van der Waals surface area contributed by atoms with Crippen molar-refractivity contribution in [3.05, 3.63) is 96.0 Å². The number of aromatic nitrogens is 1. The Morgan fingerprint density at radius 2 is 1.57 bits per heavy atom. The lowest BCUT2D eigenvalue weighted by Crippen LogP contribution is -2.32. The van der Waals surface area contributed by atoms with Crippen molar-refractivity contribution >= 4 is 51.8 Å². The molecule has 1 aromatic heterocycles. The number of non-ortho nitro benzene ring substituents is 2. The van der Waals surface area contributed by atoms with E-state index < -0.39 is 28.1 Å². The molecule has 2 amide bonds. The highest BCUT2D eigenvalue weighted by Gasteiger charge is 2.39. The van der Waals surface area contributed by atoms with Gasteiger partial charge in [0.05, 0.1) is 28.1 Å². The van der Waals surface area contributed by atoms with Crippen LogP contribution in [-0.2, 0) is 34.0 Å². The maximum atomic E-state index is 13.0. The number of hydrogen-bond acceptors (Lipinski definition) is 12. The predicted octanol–water partition coefficient (Wildman–Crippen LogP) is 5.12. The van der Waals surface area contributed by atoms with E-state index in [4.69, 9.17) is 9.47 Å². The molecule has 14 nitrogen and oxygen atoms in total. The van der Waals surface area contributed by atoms with Crippen LogP contribution in [0.15, 0.2) is 53.9 Å². The van der Waals surface area contributed by atoms with Crippen molar-refractivity contribution in [3.63, 3.8) is 0 Å². The summed E-state index contributed by atoms with van der Waals surface area (Å²) in [6.07, 6.45) is -0.821. The number of amides is 2. The summed E-state index contributed by atoms with van der Waals surface area (Å²) in [7, 11) is 0. The first-order chi connectivity index (χ1) is 20.1. The first-order valence-electron chi connectivity index (χ1n) is 12.5. The quantitative estimate of drug-likeness (QED) is 0.236. The van der Waals surface area contributed by atoms with Crippen molar-refractivity contribution in [2.75, 3.05) is 6.54 Å². The van der Waals surface area contributed by atoms with Crippen molar-refractivity contribution in [3.8, 4) is 0 Å². The van der Waals surface area contributed by atoms with Crippen LogP contribution in [0.1, 0.15) is 41.2 Å². The van der Waals surface area contributed by atoms with E-state index in [1.54, 1.807) is 5.38 Å². The Morgan fingerprint density at radius 3 is 2.12 bits per heavy atom. The van der Waals surface area contributed by atoms with E-state index in [9.17, 15) is 34.6 Å². The SMILES string of the molecule is CC(=O)S[C@H]1C[C@@H](c2csc(CNC(=O)OCc3ccc([N+](=O)[O-])cc3)n2)N(C(=O)OCc2ccc([N+](=O)[O-])cc2)C1. The second-order valence-corrected chi connectivity index (χ2v) is 11.6. The van der Waals surface area contributed by atoms with Gasteiger partial charge in [0.25, 0.3) is 11.4 Å². The van der Waals surface area contributed by atoms with E-state index in [0.29, 0.717) is 28.2 Å². The molecule has 1 aliphatic rings. The summed E-state index contributed by atoms with van der Waals surface area (Å²) in [4.78, 5) is 63.6. The molecular formula is C26H25N5O9S2. The van der Waals surface area contributed by atoms with Crippen LogP contribution in [0, 0.1) is 20.2 Å². The molecule has 42 heavy (non-hydrogen) atoms. The molecule has 0 bridgehead atoms. The Kier molecular flexibility index (Phi) is 10.0. The van der Waals surface area contributed by atoms with Crippen LogP contribution in [0.25, 0.3) is 0 Å². The molecule has 0 aliphatic carbocycles. The Morgan fingerprint density at radius 1 is 1.00 bits per heavy atom. The van der Waals surface area contributed by atoms with Gasteiger partial charge in [0, 0.05) is 48.4 Å². The smallest absolute Gasteiger partial charge is 0.410 e. The van der Waals surface area contributed by atoms with E-state index in [1.807, 2.05) is 0 Å². The molecule has 2 aromatic carbocycles. The molecule has 1 saturated heterocycles. The van der Waals surface area contributed by atoms with E-state index in [2.05, 4.69) is 10.3 Å². The van der Waals surface area contributed by atoms with Crippen molar-refractivity contribution in [1.82, 2.24) is 15.2 Å². The van der Waals surface area contributed by atoms with Gasteiger partial charge in [0.2, 0.25) is 0 Å². The fraction of sp³-hybridized carbons (Fsp3) is 0.308. The zero-order valence-corrected chi connectivity index (χ0v) is 23.8. The highest BCUT2D eigenvalue weighted by Crippen LogP contribution is 2.38. The van der Waals surface area contributed by atoms with Crippen molar-refractivity contribution in [2.45, 2.75) is 44.4 Å². The van der Waals surface area contributed by atoms with Crippen LogP contribution in [-0.4, -0.2) is 48.8 Å². The van der Waals surface area contributed by atoms with Crippen LogP contribution >= 0.6 is 23.1 Å². The van der Waals surface area contributed by atoms with E-state index >= 15 is 0 Å². The molecule has 2 heterocycles. The third-order valence-electron chi connectivity index (χ3n) is 6.15. The Labute approximate surface area is 247 Å². The monoisotopic (exact) mass is 615 g/mol. The van der Waals surface area contributed by atoms with Gasteiger partial charge in [-0.05, 0) is 41.8 Å². The average molecular weight is 616 g/mol. The average Bonchev–Trinajstić information content (AvgIpc) is 3.61. The Balaban J connectivity index is 1.33. The number of alkyl carbamates (subject to hydrolysis) is 1. The number of hydrogen-bond donors (Lipinski definition) is 1. The number of benzene rings is 2. The molecular weight excluding hydrogens is 590 g/mol. The second kappa shape index (κ2) is 13.9. The van der Waals surface area contributed by atoms with Crippen molar-refractivity contribution in [1.29, 1.82) is 0 Å². The fourth-order valence-electron chi connectivity index (χ4n) is 4.16. The van der Waals surface area contributed by atoms with Crippen LogP contribution < -0.4 is 5.32 Å². The molecule has 1 aliphatic heterocycles. The molecule has 4 rings (SSSR count). The van der Waals surface area contributed by atoms with Crippen LogP contribution in [0.3, 0.4) is 0 Å². The first kappa shape index (κ1) is 30.4. The summed E-state index contributed by atoms with van der Waals surface area (Å²) >= 11 is 2.43. The minimum absolute atomic E-state index is 0.0624. The van der Waals surface area contributed by atoms with Crippen molar-refractivity contribution in [2.24, 2.45) is 0 Å². The highest BCUT2D eigenvalue weighted by molar-refractivity contribution is 8.14. The number of carbonyl (C=O) groups is 3. The normalized spacial score (nSPS) is 16.1. The van der Waals surface area contributed by atoms with Gasteiger partial charge in [-0.1, -0.05) is 11.8 Å². The molecule has 1 N–H and O–H groups in total. The van der Waals surface area contributed by atoms with Crippen molar-refractivity contribution < 1.29 is 33.7 Å². The maximum absolute atomic E-state index is 13.0. The topological polar surface area (TPSA) is 184 Å². The Hall–Kier alpha value is -4.57. The summed E-state index contributed by atoms with van der Waals surface area (Å²) in [5, 5.41) is 26.3. The minimum atomic E-state index is -0.694. The number of nitro groups is 2. The van der Waals surface area contributed by atoms with Gasteiger partial charge in [-0.25, -0.2) is 14.6 Å². The van der Waals surface area contributed by atoms with Gasteiger partial charge in [-0.15, -0.1) is 11.3 Å². The summed E-state index contributed by atoms with van der Waals surface area (Å²) in [5.41, 5.74) is 1.64. The van der Waals surface area contributed by atoms with E-state index in [-0.39, 0.29) is 48.0 Å². The number of likely N-dealkylation sites (tertiary alicyclic amines) is 1. The number of ether oxygens (including phenoxy) is 2. The number of nitrogens with one attached hydrogen (secondary N) is 1. The second-order valence-electron chi connectivity index (χ2n) is 9.13. The van der Waals surface area contributed by atoms with Crippen LogP contribution in [0.5, 0.6) is 0 Å². The molecule has 0 saturated carbocycles.